The van der Waals surface area contributed by atoms with Gasteiger partial charge in [0.2, 0.25) is 5.91 Å². The van der Waals surface area contributed by atoms with E-state index in [1.165, 1.54) is 13.0 Å². The predicted octanol–water partition coefficient (Wildman–Crippen LogP) is 2.05. The maximum atomic E-state index is 12.8. The highest BCUT2D eigenvalue weighted by atomic mass is 16.6. The number of carbonyl (C=O) groups excluding carboxylic acids is 3. The molecule has 4 rings (SSSR count). The number of nitro benzene ring substituents is 1. The number of benzene rings is 2. The number of carbonyl (C=O) groups is 3. The number of hydrogen-bond acceptors (Lipinski definition) is 6. The molecular weight excluding hydrogens is 428 g/mol. The average molecular weight is 452 g/mol. The van der Waals surface area contributed by atoms with Crippen LogP contribution in [0.3, 0.4) is 0 Å². The molecule has 4 amide bonds. The Labute approximate surface area is 190 Å². The number of piperazine rings is 1. The van der Waals surface area contributed by atoms with Gasteiger partial charge in [0, 0.05) is 69.2 Å². The van der Waals surface area contributed by atoms with Crippen molar-refractivity contribution in [3.63, 3.8) is 0 Å². The second-order valence-electron chi connectivity index (χ2n) is 7.84. The Kier molecular flexibility index (Phi) is 6.11. The third-order valence-electron chi connectivity index (χ3n) is 5.77. The third-order valence-corrected chi connectivity index (χ3v) is 5.77. The predicted molar refractivity (Wildman–Crippen MR) is 123 cm³/mol. The van der Waals surface area contributed by atoms with Crippen LogP contribution in [0.15, 0.2) is 42.5 Å². The summed E-state index contributed by atoms with van der Waals surface area (Å²) in [5.41, 5.74) is 1.53. The van der Waals surface area contributed by atoms with Crippen LogP contribution >= 0.6 is 0 Å². The van der Waals surface area contributed by atoms with Gasteiger partial charge in [-0.2, -0.15) is 0 Å². The van der Waals surface area contributed by atoms with Gasteiger partial charge in [0.25, 0.3) is 11.6 Å². The number of nitrogens with zero attached hydrogens (tertiary/aromatic N) is 4. The largest absolute Gasteiger partial charge is 0.362 e. The van der Waals surface area contributed by atoms with Crippen LogP contribution < -0.4 is 20.4 Å². The van der Waals surface area contributed by atoms with Gasteiger partial charge in [0.1, 0.15) is 5.69 Å². The SMILES string of the molecule is CC(=O)N1CCN(c2ccc(C(=O)Nc3cccc(N4CCNC4=O)c3)cc2[N+](=O)[O-])CC1. The van der Waals surface area contributed by atoms with Gasteiger partial charge in [-0.05, 0) is 30.3 Å². The number of nitrogens with one attached hydrogen (secondary N) is 2. The van der Waals surface area contributed by atoms with Crippen LogP contribution in [0.2, 0.25) is 0 Å². The Morgan fingerprint density at radius 3 is 2.45 bits per heavy atom. The molecule has 0 saturated carbocycles. The first-order valence-corrected chi connectivity index (χ1v) is 10.6. The van der Waals surface area contributed by atoms with Crippen molar-refractivity contribution in [1.82, 2.24) is 10.2 Å². The maximum Gasteiger partial charge on any atom is 0.321 e. The number of anilines is 3. The summed E-state index contributed by atoms with van der Waals surface area (Å²) in [6.07, 6.45) is 0. The number of rotatable bonds is 5. The van der Waals surface area contributed by atoms with Crippen LogP contribution in [0.5, 0.6) is 0 Å². The van der Waals surface area contributed by atoms with Crippen molar-refractivity contribution in [2.45, 2.75) is 6.92 Å². The zero-order valence-corrected chi connectivity index (χ0v) is 18.1. The van der Waals surface area contributed by atoms with E-state index in [-0.39, 0.29) is 23.2 Å². The molecule has 2 aromatic rings. The van der Waals surface area contributed by atoms with E-state index < -0.39 is 10.8 Å². The van der Waals surface area contributed by atoms with Gasteiger partial charge in [-0.1, -0.05) is 6.07 Å². The van der Waals surface area contributed by atoms with Crippen LogP contribution in [0.1, 0.15) is 17.3 Å². The molecule has 11 heteroatoms. The zero-order chi connectivity index (χ0) is 23.5. The Balaban J connectivity index is 1.51. The van der Waals surface area contributed by atoms with E-state index in [0.29, 0.717) is 56.3 Å². The highest BCUT2D eigenvalue weighted by molar-refractivity contribution is 6.05. The monoisotopic (exact) mass is 452 g/mol. The number of nitro groups is 1. The van der Waals surface area contributed by atoms with Gasteiger partial charge in [-0.3, -0.25) is 24.6 Å². The van der Waals surface area contributed by atoms with E-state index in [9.17, 15) is 24.5 Å². The average Bonchev–Trinajstić information content (AvgIpc) is 3.24. The lowest BCUT2D eigenvalue weighted by molar-refractivity contribution is -0.384. The fourth-order valence-corrected chi connectivity index (χ4v) is 4.01. The van der Waals surface area contributed by atoms with Crippen molar-refractivity contribution in [3.05, 3.63) is 58.1 Å². The molecule has 33 heavy (non-hydrogen) atoms. The highest BCUT2D eigenvalue weighted by Crippen LogP contribution is 2.31. The summed E-state index contributed by atoms with van der Waals surface area (Å²) in [4.78, 5) is 52.6. The minimum atomic E-state index is -0.504. The lowest BCUT2D eigenvalue weighted by atomic mass is 10.1. The van der Waals surface area contributed by atoms with Crippen LogP contribution in [0, 0.1) is 10.1 Å². The zero-order valence-electron chi connectivity index (χ0n) is 18.1. The molecule has 0 spiro atoms. The lowest BCUT2D eigenvalue weighted by Gasteiger charge is -2.35. The molecule has 2 heterocycles. The molecule has 0 atom stereocenters. The molecule has 0 unspecified atom stereocenters. The van der Waals surface area contributed by atoms with Gasteiger partial charge in [0.15, 0.2) is 0 Å². The molecule has 2 fully saturated rings. The standard InChI is InChI=1S/C22H24N6O5/c1-15(29)25-9-11-26(12-10-25)19-6-5-16(13-20(19)28(32)33)21(30)24-17-3-2-4-18(14-17)27-8-7-23-22(27)31/h2-6,13-14H,7-12H2,1H3,(H,23,31)(H,24,30). The van der Waals surface area contributed by atoms with Crippen molar-refractivity contribution < 1.29 is 19.3 Å². The normalized spacial score (nSPS) is 15.9. The summed E-state index contributed by atoms with van der Waals surface area (Å²) < 4.78 is 0. The van der Waals surface area contributed by atoms with Gasteiger partial charge in [-0.25, -0.2) is 4.79 Å². The first-order chi connectivity index (χ1) is 15.8. The summed E-state index contributed by atoms with van der Waals surface area (Å²) in [7, 11) is 0. The molecule has 2 saturated heterocycles. The van der Waals surface area contributed by atoms with Crippen LogP contribution in [-0.4, -0.2) is 66.9 Å². The first-order valence-electron chi connectivity index (χ1n) is 10.6. The van der Waals surface area contributed by atoms with Gasteiger partial charge >= 0.3 is 6.03 Å². The molecular formula is C22H24N6O5. The van der Waals surface area contributed by atoms with E-state index in [0.717, 1.165) is 0 Å². The van der Waals surface area contributed by atoms with Crippen molar-refractivity contribution in [3.8, 4) is 0 Å². The molecule has 172 valence electrons. The van der Waals surface area contributed by atoms with E-state index in [2.05, 4.69) is 10.6 Å². The molecule has 2 aromatic carbocycles. The van der Waals surface area contributed by atoms with E-state index in [1.807, 2.05) is 4.90 Å². The minimum absolute atomic E-state index is 0.0226. The fourth-order valence-electron chi connectivity index (χ4n) is 4.01. The summed E-state index contributed by atoms with van der Waals surface area (Å²) in [5.74, 6) is -0.514. The number of amides is 4. The number of urea groups is 1. The minimum Gasteiger partial charge on any atom is -0.362 e. The van der Waals surface area contributed by atoms with Crippen molar-refractivity contribution in [2.75, 3.05) is 54.4 Å². The quantitative estimate of drug-likeness (QED) is 0.528. The Morgan fingerprint density at radius 1 is 1.06 bits per heavy atom. The molecule has 11 nitrogen and oxygen atoms in total. The molecule has 2 N–H and O–H groups in total. The second-order valence-corrected chi connectivity index (χ2v) is 7.84. The first kappa shape index (κ1) is 22.1. The second kappa shape index (κ2) is 9.15. The molecule has 2 aliphatic heterocycles. The Morgan fingerprint density at radius 2 is 1.82 bits per heavy atom. The van der Waals surface area contributed by atoms with E-state index in [1.54, 1.807) is 46.2 Å². The summed E-state index contributed by atoms with van der Waals surface area (Å²) >= 11 is 0. The van der Waals surface area contributed by atoms with E-state index in [4.69, 9.17) is 0 Å². The highest BCUT2D eigenvalue weighted by Gasteiger charge is 2.26. The van der Waals surface area contributed by atoms with Gasteiger partial charge in [-0.15, -0.1) is 0 Å². The topological polar surface area (TPSA) is 128 Å². The summed E-state index contributed by atoms with van der Waals surface area (Å²) in [5, 5.41) is 17.2. The van der Waals surface area contributed by atoms with Crippen LogP contribution in [-0.2, 0) is 4.79 Å². The molecule has 0 aliphatic carbocycles. The molecule has 0 bridgehead atoms. The van der Waals surface area contributed by atoms with Crippen molar-refractivity contribution in [2.24, 2.45) is 0 Å². The molecule has 0 aromatic heterocycles. The van der Waals surface area contributed by atoms with Gasteiger partial charge in [0.05, 0.1) is 4.92 Å². The molecule has 2 aliphatic rings. The fraction of sp³-hybridized carbons (Fsp3) is 0.318. The maximum absolute atomic E-state index is 12.8. The Bertz CT molecular complexity index is 1110. The lowest BCUT2D eigenvalue weighted by Crippen LogP contribution is -2.48. The van der Waals surface area contributed by atoms with Crippen LogP contribution in [0.4, 0.5) is 27.5 Å². The van der Waals surface area contributed by atoms with Crippen molar-refractivity contribution in [1.29, 1.82) is 0 Å². The summed E-state index contributed by atoms with van der Waals surface area (Å²) in [6, 6.07) is 11.0. The number of hydrogen-bond donors (Lipinski definition) is 2. The molecule has 0 radical (unpaired) electrons. The van der Waals surface area contributed by atoms with Crippen molar-refractivity contribution >= 4 is 40.6 Å². The summed E-state index contributed by atoms with van der Waals surface area (Å²) in [6.45, 7) is 4.51. The Hall–Kier alpha value is -4.15. The third kappa shape index (κ3) is 4.71. The van der Waals surface area contributed by atoms with Crippen LogP contribution in [0.25, 0.3) is 0 Å². The smallest absolute Gasteiger partial charge is 0.321 e. The van der Waals surface area contributed by atoms with Gasteiger partial charge < -0.3 is 20.4 Å². The van der Waals surface area contributed by atoms with E-state index >= 15 is 0 Å².